The van der Waals surface area contributed by atoms with Gasteiger partial charge in [-0.1, -0.05) is 0 Å². The number of nitriles is 1. The molecule has 1 aliphatic rings. The zero-order chi connectivity index (χ0) is 15.5. The van der Waals surface area contributed by atoms with Crippen molar-refractivity contribution in [3.63, 3.8) is 0 Å². The molecule has 3 N–H and O–H groups in total. The Balaban J connectivity index is 2.16. The monoisotopic (exact) mass is 289 g/mol. The van der Waals surface area contributed by atoms with Crippen molar-refractivity contribution in [1.82, 2.24) is 9.97 Å². The lowest BCUT2D eigenvalue weighted by Crippen LogP contribution is -2.31. The van der Waals surface area contributed by atoms with Crippen molar-refractivity contribution >= 4 is 11.8 Å². The number of hydrogen-bond donors (Lipinski definition) is 3. The van der Waals surface area contributed by atoms with Crippen LogP contribution in [0.15, 0.2) is 6.20 Å². The molecule has 21 heavy (non-hydrogen) atoms. The van der Waals surface area contributed by atoms with E-state index in [4.69, 9.17) is 0 Å². The fourth-order valence-electron chi connectivity index (χ4n) is 2.46. The smallest absolute Gasteiger partial charge is 0.225 e. The van der Waals surface area contributed by atoms with E-state index >= 15 is 0 Å². The van der Waals surface area contributed by atoms with Gasteiger partial charge in [0.25, 0.3) is 0 Å². The van der Waals surface area contributed by atoms with Gasteiger partial charge in [0.1, 0.15) is 17.5 Å². The first-order valence-corrected chi connectivity index (χ1v) is 7.37. The summed E-state index contributed by atoms with van der Waals surface area (Å²) in [4.78, 5) is 8.58. The van der Waals surface area contributed by atoms with Gasteiger partial charge in [0, 0.05) is 11.6 Å². The van der Waals surface area contributed by atoms with Crippen LogP contribution in [0.4, 0.5) is 11.8 Å². The summed E-state index contributed by atoms with van der Waals surface area (Å²) in [6, 6.07) is 2.26. The molecule has 0 saturated heterocycles. The Morgan fingerprint density at radius 1 is 1.38 bits per heavy atom. The molecule has 1 fully saturated rings. The zero-order valence-corrected chi connectivity index (χ0v) is 12.8. The average molecular weight is 289 g/mol. The van der Waals surface area contributed by atoms with E-state index in [2.05, 4.69) is 26.7 Å². The minimum absolute atomic E-state index is 0.146. The Kier molecular flexibility index (Phi) is 4.63. The molecule has 0 spiro atoms. The fourth-order valence-corrected chi connectivity index (χ4v) is 2.46. The van der Waals surface area contributed by atoms with Crippen molar-refractivity contribution in [2.45, 2.75) is 64.1 Å². The van der Waals surface area contributed by atoms with Crippen molar-refractivity contribution in [2.24, 2.45) is 0 Å². The maximum Gasteiger partial charge on any atom is 0.225 e. The van der Waals surface area contributed by atoms with Crippen LogP contribution in [-0.2, 0) is 0 Å². The van der Waals surface area contributed by atoms with Crippen LogP contribution < -0.4 is 10.6 Å². The summed E-state index contributed by atoms with van der Waals surface area (Å²) in [5.41, 5.74) is 0.279. The van der Waals surface area contributed by atoms with Crippen LogP contribution in [0.25, 0.3) is 0 Å². The third kappa shape index (κ3) is 4.57. The van der Waals surface area contributed by atoms with E-state index in [9.17, 15) is 10.4 Å². The molecular weight excluding hydrogens is 266 g/mol. The molecule has 1 aromatic rings. The molecule has 1 unspecified atom stereocenters. The van der Waals surface area contributed by atoms with Gasteiger partial charge in [0.05, 0.1) is 12.3 Å². The summed E-state index contributed by atoms with van der Waals surface area (Å²) < 4.78 is 0. The van der Waals surface area contributed by atoms with Crippen molar-refractivity contribution < 1.29 is 5.11 Å². The van der Waals surface area contributed by atoms with Crippen molar-refractivity contribution in [3.8, 4) is 6.07 Å². The standard InChI is InChI=1S/C15H23N5O/c1-15(2,3)20-14-17-9-10(8-16)13(19-14)18-11-5-4-6-12(21)7-11/h9,11-12,21H,4-7H2,1-3H3,(H2,17,18,19,20)/t11?,12-/m0/s1. The van der Waals surface area contributed by atoms with Crippen LogP contribution in [0.1, 0.15) is 52.0 Å². The minimum Gasteiger partial charge on any atom is -0.393 e. The molecule has 2 atom stereocenters. The quantitative estimate of drug-likeness (QED) is 0.790. The lowest BCUT2D eigenvalue weighted by molar-refractivity contribution is 0.124. The maximum absolute atomic E-state index is 9.74. The molecule has 0 radical (unpaired) electrons. The average Bonchev–Trinajstić information content (AvgIpc) is 2.37. The van der Waals surface area contributed by atoms with Gasteiger partial charge in [0.15, 0.2) is 0 Å². The highest BCUT2D eigenvalue weighted by molar-refractivity contribution is 5.54. The number of aliphatic hydroxyl groups excluding tert-OH is 1. The number of hydrogen-bond acceptors (Lipinski definition) is 6. The lowest BCUT2D eigenvalue weighted by Gasteiger charge is -2.27. The van der Waals surface area contributed by atoms with Crippen LogP contribution >= 0.6 is 0 Å². The van der Waals surface area contributed by atoms with Crippen LogP contribution in [0.3, 0.4) is 0 Å². The highest BCUT2D eigenvalue weighted by Gasteiger charge is 2.22. The van der Waals surface area contributed by atoms with Crippen LogP contribution in [0.2, 0.25) is 0 Å². The van der Waals surface area contributed by atoms with Gasteiger partial charge in [-0.15, -0.1) is 0 Å². The van der Waals surface area contributed by atoms with Crippen LogP contribution in [-0.4, -0.2) is 32.8 Å². The summed E-state index contributed by atoms with van der Waals surface area (Å²) in [6.07, 6.45) is 4.77. The molecule has 0 aromatic carbocycles. The van der Waals surface area contributed by atoms with E-state index in [0.717, 1.165) is 19.3 Å². The molecule has 1 saturated carbocycles. The van der Waals surface area contributed by atoms with Gasteiger partial charge in [-0.3, -0.25) is 0 Å². The number of aliphatic hydroxyl groups is 1. The highest BCUT2D eigenvalue weighted by atomic mass is 16.3. The predicted molar refractivity (Wildman–Crippen MR) is 82.0 cm³/mol. The third-order valence-corrected chi connectivity index (χ3v) is 3.38. The SMILES string of the molecule is CC(C)(C)Nc1ncc(C#N)c(NC2CCC[C@H](O)C2)n1. The van der Waals surface area contributed by atoms with E-state index in [0.29, 0.717) is 23.8 Å². The second kappa shape index (κ2) is 6.27. The van der Waals surface area contributed by atoms with Gasteiger partial charge >= 0.3 is 0 Å². The van der Waals surface area contributed by atoms with E-state index < -0.39 is 0 Å². The van der Waals surface area contributed by atoms with E-state index in [1.807, 2.05) is 20.8 Å². The molecule has 0 aliphatic heterocycles. The number of aromatic nitrogens is 2. The molecule has 1 aromatic heterocycles. The fraction of sp³-hybridized carbons (Fsp3) is 0.667. The van der Waals surface area contributed by atoms with Crippen molar-refractivity contribution in [1.29, 1.82) is 5.26 Å². The number of anilines is 2. The summed E-state index contributed by atoms with van der Waals surface area (Å²) in [5.74, 6) is 1.04. The topological polar surface area (TPSA) is 93.9 Å². The van der Waals surface area contributed by atoms with E-state index in [1.165, 1.54) is 6.20 Å². The van der Waals surface area contributed by atoms with Gasteiger partial charge < -0.3 is 15.7 Å². The largest absolute Gasteiger partial charge is 0.393 e. The first kappa shape index (κ1) is 15.5. The lowest BCUT2D eigenvalue weighted by atomic mass is 9.93. The van der Waals surface area contributed by atoms with Crippen LogP contribution in [0, 0.1) is 11.3 Å². The Morgan fingerprint density at radius 2 is 2.14 bits per heavy atom. The first-order chi connectivity index (χ1) is 9.87. The summed E-state index contributed by atoms with van der Waals surface area (Å²) in [5, 5.41) is 25.4. The first-order valence-electron chi connectivity index (χ1n) is 7.37. The van der Waals surface area contributed by atoms with Gasteiger partial charge in [0.2, 0.25) is 5.95 Å². The Morgan fingerprint density at radius 3 is 2.76 bits per heavy atom. The van der Waals surface area contributed by atoms with Gasteiger partial charge in [-0.25, -0.2) is 4.98 Å². The van der Waals surface area contributed by atoms with E-state index in [1.54, 1.807) is 0 Å². The Labute approximate surface area is 125 Å². The van der Waals surface area contributed by atoms with Crippen molar-refractivity contribution in [2.75, 3.05) is 10.6 Å². The number of nitrogens with one attached hydrogen (secondary N) is 2. The second-order valence-electron chi connectivity index (χ2n) is 6.60. The normalized spacial score (nSPS) is 22.4. The highest BCUT2D eigenvalue weighted by Crippen LogP contribution is 2.23. The van der Waals surface area contributed by atoms with Gasteiger partial charge in [-0.2, -0.15) is 10.2 Å². The molecule has 1 heterocycles. The molecule has 6 nitrogen and oxygen atoms in total. The molecular formula is C15H23N5O. The second-order valence-corrected chi connectivity index (χ2v) is 6.60. The summed E-state index contributed by atoms with van der Waals surface area (Å²) >= 11 is 0. The number of rotatable bonds is 3. The maximum atomic E-state index is 9.74. The van der Waals surface area contributed by atoms with Gasteiger partial charge in [-0.05, 0) is 46.5 Å². The number of nitrogens with zero attached hydrogens (tertiary/aromatic N) is 3. The molecule has 0 bridgehead atoms. The molecule has 2 rings (SSSR count). The third-order valence-electron chi connectivity index (χ3n) is 3.38. The Bertz CT molecular complexity index is 532. The molecule has 6 heteroatoms. The van der Waals surface area contributed by atoms with Crippen LogP contribution in [0.5, 0.6) is 0 Å². The molecule has 114 valence electrons. The zero-order valence-electron chi connectivity index (χ0n) is 12.8. The Hall–Kier alpha value is -1.87. The molecule has 1 aliphatic carbocycles. The van der Waals surface area contributed by atoms with E-state index in [-0.39, 0.29) is 17.7 Å². The predicted octanol–water partition coefficient (Wildman–Crippen LogP) is 2.27. The minimum atomic E-state index is -0.268. The summed E-state index contributed by atoms with van der Waals surface area (Å²) in [6.45, 7) is 6.08. The van der Waals surface area contributed by atoms with Crippen molar-refractivity contribution in [3.05, 3.63) is 11.8 Å². The molecule has 0 amide bonds. The summed E-state index contributed by atoms with van der Waals surface area (Å²) in [7, 11) is 0.